The Morgan fingerprint density at radius 2 is 1.75 bits per heavy atom. The van der Waals surface area contributed by atoms with Crippen LogP contribution < -0.4 is 5.73 Å². The second-order valence-electron chi connectivity index (χ2n) is 2.81. The number of hydrogen-bond donors (Lipinski definition) is 5. The van der Waals surface area contributed by atoms with Crippen LogP contribution in [0.25, 0.3) is 0 Å². The van der Waals surface area contributed by atoms with Gasteiger partial charge in [-0.05, 0) is 0 Å². The Kier molecular flexibility index (Phi) is 2.99. The van der Waals surface area contributed by atoms with Gasteiger partial charge in [-0.1, -0.05) is 0 Å². The summed E-state index contributed by atoms with van der Waals surface area (Å²) < 4.78 is 4.70. The summed E-state index contributed by atoms with van der Waals surface area (Å²) in [6.07, 6.45) is -4.85. The van der Waals surface area contributed by atoms with Gasteiger partial charge in [-0.15, -0.1) is 0 Å². The molecule has 0 amide bonds. The summed E-state index contributed by atoms with van der Waals surface area (Å²) in [4.78, 5) is 0. The molecule has 3 unspecified atom stereocenters. The molecule has 1 fully saturated rings. The van der Waals surface area contributed by atoms with Gasteiger partial charge >= 0.3 is 0 Å². The monoisotopic (exact) mass is 185 g/mol. The largest absolute Gasteiger partial charge is 0.394 e. The van der Waals surface area contributed by atoms with Crippen LogP contribution in [0.4, 0.5) is 0 Å². The minimum Gasteiger partial charge on any atom is -0.394 e. The zero-order chi connectivity index (χ0) is 9.30. The van der Waals surface area contributed by atoms with Crippen LogP contribution in [0.5, 0.6) is 0 Å². The fourth-order valence-corrected chi connectivity index (χ4v) is 1.12. The second-order valence-corrected chi connectivity index (χ2v) is 2.81. The Labute approximate surface area is 69.2 Å². The number of aliphatic hydroxyl groups excluding tert-OH is 4. The minimum absolute atomic E-state index is 0.470. The molecule has 0 aromatic carbocycles. The Bertz CT molecular complexity index is 150. The van der Waals surface area contributed by atoms with Crippen molar-refractivity contribution in [2.24, 2.45) is 5.73 Å². The van der Waals surface area contributed by atoms with Crippen LogP contribution >= 0.6 is 0 Å². The van der Waals surface area contributed by atoms with Gasteiger partial charge < -0.3 is 30.9 Å². The van der Waals surface area contributed by atoms with Crippen molar-refractivity contribution < 1.29 is 25.2 Å². The summed E-state index contributed by atoms with van der Waals surface area (Å²) in [5.41, 5.74) is 5.26. The normalized spacial score (nSPS) is 49.2. The first-order chi connectivity index (χ1) is 5.57. The Hall–Kier alpha value is -0.240. The van der Waals surface area contributed by atoms with E-state index in [1.54, 1.807) is 0 Å². The van der Waals surface area contributed by atoms with Gasteiger partial charge in [0.25, 0.3) is 0 Å². The van der Waals surface area contributed by atoms with E-state index >= 15 is 0 Å². The highest BCUT2D eigenvalue weighted by molar-refractivity contribution is 4.90. The van der Waals surface area contributed by atoms with Gasteiger partial charge in [0.1, 0.15) is 18.3 Å². The fraction of sp³-hybridized carbons (Fsp3) is 1.00. The van der Waals surface area contributed by atoms with Crippen molar-refractivity contribution >= 4 is 0 Å². The van der Waals surface area contributed by atoms with Crippen molar-refractivity contribution in [3.63, 3.8) is 0 Å². The SMILES string of the molecule is N[13CH]1[13CH](O)O[13CH]([13CH2]O)[13C@@H](O)[13C@H]1O. The quantitative estimate of drug-likeness (QED) is 0.274. The summed E-state index contributed by atoms with van der Waals surface area (Å²) in [6.45, 7) is -0.470. The standard InChI is InChI=1S/C6H13NO5/c7-3-5(10)4(9)2(1-8)12-6(3)11/h2-6,8-11H,1,7H2/t2?,3?,4-,5+,6?/m1/s1/i1+1,2+1,3+1,4+1,5+1,6+1. The molecular formula is C6H13NO5. The third kappa shape index (κ3) is 1.58. The summed E-state index contributed by atoms with van der Waals surface area (Å²) >= 11 is 0. The predicted molar refractivity (Wildman–Crippen MR) is 38.0 cm³/mol. The first-order valence-electron chi connectivity index (χ1n) is 3.64. The molecule has 12 heavy (non-hydrogen) atoms. The number of aliphatic hydroxyl groups is 4. The average molecular weight is 185 g/mol. The zero-order valence-electron chi connectivity index (χ0n) is 6.37. The minimum atomic E-state index is -1.35. The molecule has 0 aromatic heterocycles. The lowest BCUT2D eigenvalue weighted by Crippen LogP contribution is -2.61. The maximum Gasteiger partial charge on any atom is 0.173 e. The van der Waals surface area contributed by atoms with Crippen molar-refractivity contribution in [1.82, 2.24) is 0 Å². The average Bonchev–Trinajstić information content (AvgIpc) is 2.08. The molecule has 1 rings (SSSR count). The van der Waals surface area contributed by atoms with Gasteiger partial charge in [0, 0.05) is 0 Å². The molecule has 0 radical (unpaired) electrons. The van der Waals surface area contributed by atoms with Gasteiger partial charge in [-0.3, -0.25) is 0 Å². The summed E-state index contributed by atoms with van der Waals surface area (Å²) in [5.74, 6) is 0. The predicted octanol–water partition coefficient (Wildman–Crippen LogP) is -3.25. The highest BCUT2D eigenvalue weighted by Crippen LogP contribution is 2.17. The molecule has 1 aliphatic rings. The molecule has 0 aliphatic carbocycles. The third-order valence-corrected chi connectivity index (χ3v) is 1.95. The summed E-state index contributed by atoms with van der Waals surface area (Å²) in [7, 11) is 0. The van der Waals surface area contributed by atoms with Crippen LogP contribution in [0.3, 0.4) is 0 Å². The summed E-state index contributed by atoms with van der Waals surface area (Å²) in [6, 6.07) is -1.04. The topological polar surface area (TPSA) is 116 Å². The van der Waals surface area contributed by atoms with Crippen LogP contribution in [-0.4, -0.2) is 57.7 Å². The van der Waals surface area contributed by atoms with Gasteiger partial charge in [-0.2, -0.15) is 0 Å². The first-order valence-corrected chi connectivity index (χ1v) is 3.64. The van der Waals surface area contributed by atoms with Crippen molar-refractivity contribution in [1.29, 1.82) is 0 Å². The lowest BCUT2D eigenvalue weighted by molar-refractivity contribution is -0.248. The molecule has 0 aromatic rings. The highest BCUT2D eigenvalue weighted by Gasteiger charge is 2.41. The molecule has 1 heterocycles. The van der Waals surface area contributed by atoms with Gasteiger partial charge in [0.2, 0.25) is 0 Å². The van der Waals surface area contributed by atoms with Gasteiger partial charge in [-0.25, -0.2) is 0 Å². The lowest BCUT2D eigenvalue weighted by Gasteiger charge is -2.38. The Morgan fingerprint density at radius 1 is 1.17 bits per heavy atom. The van der Waals surface area contributed by atoms with Crippen LogP contribution in [0.1, 0.15) is 0 Å². The maximum atomic E-state index is 9.20. The van der Waals surface area contributed by atoms with Crippen molar-refractivity contribution in [2.45, 2.75) is 30.6 Å². The van der Waals surface area contributed by atoms with Gasteiger partial charge in [0.05, 0.1) is 12.6 Å². The van der Waals surface area contributed by atoms with Gasteiger partial charge in [0.15, 0.2) is 6.29 Å². The van der Waals surface area contributed by atoms with E-state index in [1.165, 1.54) is 0 Å². The fourth-order valence-electron chi connectivity index (χ4n) is 1.12. The third-order valence-electron chi connectivity index (χ3n) is 1.95. The van der Waals surface area contributed by atoms with E-state index in [4.69, 9.17) is 20.7 Å². The molecule has 1 saturated heterocycles. The van der Waals surface area contributed by atoms with E-state index in [1.807, 2.05) is 0 Å². The molecule has 5 atom stereocenters. The molecule has 6 heteroatoms. The van der Waals surface area contributed by atoms with Crippen LogP contribution in [0.2, 0.25) is 0 Å². The second kappa shape index (κ2) is 3.65. The lowest BCUT2D eigenvalue weighted by atomic mass is 10.9. The number of hydrogen-bond acceptors (Lipinski definition) is 6. The molecular weight excluding hydrogens is 172 g/mol. The zero-order valence-corrected chi connectivity index (χ0v) is 6.37. The van der Waals surface area contributed by atoms with E-state index in [2.05, 4.69) is 0 Å². The van der Waals surface area contributed by atoms with E-state index in [0.29, 0.717) is 0 Å². The van der Waals surface area contributed by atoms with Crippen molar-refractivity contribution in [2.75, 3.05) is 6.61 Å². The number of rotatable bonds is 1. The van der Waals surface area contributed by atoms with Crippen molar-refractivity contribution in [3.05, 3.63) is 0 Å². The van der Waals surface area contributed by atoms with E-state index in [-0.39, 0.29) is 0 Å². The van der Waals surface area contributed by atoms with Crippen LogP contribution in [0, 0.1) is 0 Å². The van der Waals surface area contributed by atoms with E-state index in [9.17, 15) is 10.2 Å². The molecule has 6 N–H and O–H groups in total. The number of ether oxygens (including phenoxy) is 1. The molecule has 6 nitrogen and oxygen atoms in total. The molecule has 72 valence electrons. The van der Waals surface area contributed by atoms with Crippen molar-refractivity contribution in [3.8, 4) is 0 Å². The maximum absolute atomic E-state index is 9.20. The highest BCUT2D eigenvalue weighted by atomic mass is 16.8. The van der Waals surface area contributed by atoms with E-state index < -0.39 is 37.3 Å². The molecule has 1 aliphatic heterocycles. The Morgan fingerprint density at radius 3 is 2.25 bits per heavy atom. The first kappa shape index (κ1) is 9.85. The van der Waals surface area contributed by atoms with Crippen LogP contribution in [0.15, 0.2) is 0 Å². The number of nitrogens with two attached hydrogens (primary N) is 1. The Balaban J connectivity index is 2.63. The summed E-state index contributed by atoms with van der Waals surface area (Å²) in [5, 5.41) is 36.1. The van der Waals surface area contributed by atoms with Crippen LogP contribution in [-0.2, 0) is 4.74 Å². The molecule has 0 spiro atoms. The van der Waals surface area contributed by atoms with E-state index in [0.717, 1.165) is 0 Å². The molecule has 0 saturated carbocycles. The smallest absolute Gasteiger partial charge is 0.173 e. The molecule has 0 bridgehead atoms.